The molecule has 0 aliphatic carbocycles. The number of sulfone groups is 1. The Hall–Kier alpha value is -3.19. The highest BCUT2D eigenvalue weighted by atomic mass is 35.5. The van der Waals surface area contributed by atoms with E-state index in [1.807, 2.05) is 74.5 Å². The van der Waals surface area contributed by atoms with Crippen LogP contribution in [0.2, 0.25) is 5.02 Å². The zero-order chi connectivity index (χ0) is 26.0. The summed E-state index contributed by atoms with van der Waals surface area (Å²) in [6.45, 7) is 4.06. The molecular formula is C29H29ClN2O3S. The Kier molecular flexibility index (Phi) is 7.50. The first-order valence-electron chi connectivity index (χ1n) is 11.7. The van der Waals surface area contributed by atoms with Gasteiger partial charge in [0.2, 0.25) is 0 Å². The van der Waals surface area contributed by atoms with Gasteiger partial charge in [-0.2, -0.15) is 0 Å². The Morgan fingerprint density at radius 3 is 2.19 bits per heavy atom. The first-order valence-corrected chi connectivity index (χ1v) is 13.9. The molecule has 0 saturated carbocycles. The van der Waals surface area contributed by atoms with Gasteiger partial charge in [0.15, 0.2) is 9.84 Å². The first-order chi connectivity index (χ1) is 17.1. The molecule has 2 N–H and O–H groups in total. The van der Waals surface area contributed by atoms with Crippen molar-refractivity contribution in [3.63, 3.8) is 0 Å². The summed E-state index contributed by atoms with van der Waals surface area (Å²) in [4.78, 5) is 14.2. The zero-order valence-electron chi connectivity index (χ0n) is 20.5. The molecule has 36 heavy (non-hydrogen) atoms. The second-order valence-corrected chi connectivity index (χ2v) is 11.4. The van der Waals surface area contributed by atoms with Crippen molar-refractivity contribution in [1.82, 2.24) is 4.57 Å². The van der Waals surface area contributed by atoms with Crippen LogP contribution >= 0.6 is 11.6 Å². The highest BCUT2D eigenvalue weighted by Crippen LogP contribution is 2.32. The molecule has 5 nitrogen and oxygen atoms in total. The third-order valence-corrected chi connectivity index (χ3v) is 8.14. The fourth-order valence-electron chi connectivity index (χ4n) is 4.70. The van der Waals surface area contributed by atoms with Crippen LogP contribution in [0.25, 0.3) is 11.1 Å². The van der Waals surface area contributed by atoms with Crippen molar-refractivity contribution in [3.8, 4) is 11.1 Å². The van der Waals surface area contributed by atoms with Crippen molar-refractivity contribution < 1.29 is 8.42 Å². The quantitative estimate of drug-likeness (QED) is 0.350. The standard InChI is InChI=1S/C29H29ClN2O3S/c1-19-24(17-22-13-7-10-16-27(22)36(3,34)35)20(2)32(18-26(31)21-11-5-4-6-12-21)29(33)28(19)23-14-8-9-15-25(23)30/h4-16,26H,17-18,31H2,1-3H3. The third kappa shape index (κ3) is 5.16. The Bertz CT molecular complexity index is 1580. The summed E-state index contributed by atoms with van der Waals surface area (Å²) in [5, 5.41) is 0.475. The zero-order valence-corrected chi connectivity index (χ0v) is 22.1. The maximum absolute atomic E-state index is 13.9. The highest BCUT2D eigenvalue weighted by Gasteiger charge is 2.23. The van der Waals surface area contributed by atoms with E-state index in [9.17, 15) is 13.2 Å². The molecule has 1 aromatic heterocycles. The van der Waals surface area contributed by atoms with Gasteiger partial charge < -0.3 is 10.3 Å². The molecular weight excluding hydrogens is 492 g/mol. The summed E-state index contributed by atoms with van der Waals surface area (Å²) in [6, 6.07) is 23.5. The average Bonchev–Trinajstić information content (AvgIpc) is 2.85. The van der Waals surface area contributed by atoms with Crippen molar-refractivity contribution in [2.45, 2.75) is 37.8 Å². The topological polar surface area (TPSA) is 82.2 Å². The minimum absolute atomic E-state index is 0.176. The van der Waals surface area contributed by atoms with Crippen LogP contribution in [0.5, 0.6) is 0 Å². The van der Waals surface area contributed by atoms with Gasteiger partial charge in [0.05, 0.1) is 10.5 Å². The van der Waals surface area contributed by atoms with E-state index in [1.54, 1.807) is 22.8 Å². The second kappa shape index (κ2) is 10.4. The molecule has 1 unspecified atom stereocenters. The van der Waals surface area contributed by atoms with Gasteiger partial charge in [-0.15, -0.1) is 0 Å². The van der Waals surface area contributed by atoms with E-state index in [0.29, 0.717) is 28.1 Å². The van der Waals surface area contributed by atoms with Crippen LogP contribution in [-0.2, 0) is 22.8 Å². The Morgan fingerprint density at radius 2 is 1.53 bits per heavy atom. The van der Waals surface area contributed by atoms with Crippen molar-refractivity contribution in [3.05, 3.63) is 122 Å². The smallest absolute Gasteiger partial charge is 0.259 e. The van der Waals surface area contributed by atoms with Crippen LogP contribution in [-0.4, -0.2) is 19.2 Å². The summed E-state index contributed by atoms with van der Waals surface area (Å²) in [6.07, 6.45) is 1.56. The molecule has 186 valence electrons. The molecule has 7 heteroatoms. The van der Waals surface area contributed by atoms with Crippen molar-refractivity contribution in [2.75, 3.05) is 6.26 Å². The van der Waals surface area contributed by atoms with E-state index >= 15 is 0 Å². The van der Waals surface area contributed by atoms with Gasteiger partial charge in [0.1, 0.15) is 0 Å². The van der Waals surface area contributed by atoms with E-state index in [0.717, 1.165) is 22.4 Å². The van der Waals surface area contributed by atoms with Crippen molar-refractivity contribution in [2.24, 2.45) is 5.73 Å². The van der Waals surface area contributed by atoms with Gasteiger partial charge in [0, 0.05) is 41.5 Å². The number of pyridine rings is 1. The molecule has 1 atom stereocenters. The lowest BCUT2D eigenvalue weighted by Gasteiger charge is -2.23. The summed E-state index contributed by atoms with van der Waals surface area (Å²) in [5.41, 5.74) is 11.5. The van der Waals surface area contributed by atoms with E-state index < -0.39 is 15.9 Å². The summed E-state index contributed by atoms with van der Waals surface area (Å²) in [7, 11) is -3.43. The second-order valence-electron chi connectivity index (χ2n) is 9.03. The SMILES string of the molecule is Cc1c(Cc2ccccc2S(C)(=O)=O)c(C)n(CC(N)c2ccccc2)c(=O)c1-c1ccccc1Cl. The molecule has 0 aliphatic rings. The fraction of sp³-hybridized carbons (Fsp3) is 0.207. The number of aromatic nitrogens is 1. The third-order valence-electron chi connectivity index (χ3n) is 6.62. The lowest BCUT2D eigenvalue weighted by molar-refractivity contribution is 0.548. The summed E-state index contributed by atoms with van der Waals surface area (Å²) >= 11 is 6.54. The van der Waals surface area contributed by atoms with Crippen LogP contribution in [0.1, 0.15) is 34.0 Å². The van der Waals surface area contributed by atoms with Crippen LogP contribution in [0.4, 0.5) is 0 Å². The van der Waals surface area contributed by atoms with Crippen molar-refractivity contribution >= 4 is 21.4 Å². The maximum Gasteiger partial charge on any atom is 0.259 e. The molecule has 0 bridgehead atoms. The molecule has 0 spiro atoms. The molecule has 3 aromatic carbocycles. The molecule has 0 aliphatic heterocycles. The Labute approximate surface area is 217 Å². The fourth-order valence-corrected chi connectivity index (χ4v) is 5.87. The first kappa shape index (κ1) is 25.9. The van der Waals surface area contributed by atoms with E-state index in [4.69, 9.17) is 17.3 Å². The average molecular weight is 521 g/mol. The Balaban J connectivity index is 1.95. The molecule has 1 heterocycles. The highest BCUT2D eigenvalue weighted by molar-refractivity contribution is 7.90. The number of nitrogens with two attached hydrogens (primary N) is 1. The van der Waals surface area contributed by atoms with E-state index in [2.05, 4.69) is 0 Å². The lowest BCUT2D eigenvalue weighted by atomic mass is 9.92. The monoisotopic (exact) mass is 520 g/mol. The van der Waals surface area contributed by atoms with Crippen molar-refractivity contribution in [1.29, 1.82) is 0 Å². The molecule has 0 amide bonds. The summed E-state index contributed by atoms with van der Waals surface area (Å²) in [5.74, 6) is 0. The van der Waals surface area contributed by atoms with Crippen LogP contribution < -0.4 is 11.3 Å². The lowest BCUT2D eigenvalue weighted by Crippen LogP contribution is -2.31. The van der Waals surface area contributed by atoms with Gasteiger partial charge >= 0.3 is 0 Å². The van der Waals surface area contributed by atoms with Gasteiger partial charge in [-0.3, -0.25) is 4.79 Å². The minimum Gasteiger partial charge on any atom is -0.322 e. The minimum atomic E-state index is -3.43. The largest absolute Gasteiger partial charge is 0.322 e. The van der Waals surface area contributed by atoms with Crippen LogP contribution in [0.3, 0.4) is 0 Å². The number of benzene rings is 3. The van der Waals surface area contributed by atoms with Crippen LogP contribution in [0.15, 0.2) is 88.6 Å². The maximum atomic E-state index is 13.9. The number of hydrogen-bond acceptors (Lipinski definition) is 4. The number of halogens is 1. The molecule has 0 radical (unpaired) electrons. The number of rotatable bonds is 7. The molecule has 4 rings (SSSR count). The summed E-state index contributed by atoms with van der Waals surface area (Å²) < 4.78 is 26.7. The van der Waals surface area contributed by atoms with Gasteiger partial charge in [-0.1, -0.05) is 78.3 Å². The van der Waals surface area contributed by atoms with E-state index in [-0.39, 0.29) is 17.0 Å². The van der Waals surface area contributed by atoms with Gasteiger partial charge in [-0.05, 0) is 48.2 Å². The Morgan fingerprint density at radius 1 is 0.917 bits per heavy atom. The van der Waals surface area contributed by atoms with Gasteiger partial charge in [-0.25, -0.2) is 8.42 Å². The molecule has 4 aromatic rings. The molecule has 0 fully saturated rings. The predicted molar refractivity (Wildman–Crippen MR) is 146 cm³/mol. The predicted octanol–water partition coefficient (Wildman–Crippen LogP) is 5.48. The molecule has 0 saturated heterocycles. The number of nitrogens with zero attached hydrogens (tertiary/aromatic N) is 1. The number of hydrogen-bond donors (Lipinski definition) is 1. The normalized spacial score (nSPS) is 12.5. The van der Waals surface area contributed by atoms with Crippen LogP contribution in [0, 0.1) is 13.8 Å². The van der Waals surface area contributed by atoms with E-state index in [1.165, 1.54) is 6.26 Å². The van der Waals surface area contributed by atoms with Gasteiger partial charge in [0.25, 0.3) is 5.56 Å².